The fourth-order valence-corrected chi connectivity index (χ4v) is 6.22. The molecule has 1 heterocycles. The third-order valence-corrected chi connectivity index (χ3v) is 9.28. The van der Waals surface area contributed by atoms with E-state index in [1.54, 1.807) is 0 Å². The van der Waals surface area contributed by atoms with Gasteiger partial charge in [0.15, 0.2) is 6.29 Å². The van der Waals surface area contributed by atoms with E-state index < -0.39 is 12.3 Å². The zero-order valence-corrected chi connectivity index (χ0v) is 28.5. The number of carboxylic acids is 1. The van der Waals surface area contributed by atoms with Crippen molar-refractivity contribution in [3.05, 3.63) is 131 Å². The van der Waals surface area contributed by atoms with Crippen molar-refractivity contribution < 1.29 is 29.3 Å². The Balaban J connectivity index is 1.24. The lowest BCUT2D eigenvalue weighted by Crippen LogP contribution is -2.38. The number of benzene rings is 4. The SMILES string of the molecule is C[C@@H](c1ccccc1)N(C)C[C@H]1C[C@@H](c2ccc(CO)cc2)O[C@@H](c2ccc(-c3cccc(CNC(=O)CCCCCC(=O)O)c3)cc2)O1. The molecule has 0 aliphatic carbocycles. The molecule has 1 aliphatic heterocycles. The van der Waals surface area contributed by atoms with Gasteiger partial charge in [0.05, 0.1) is 18.8 Å². The Bertz CT molecular complexity index is 1630. The first-order valence-electron chi connectivity index (χ1n) is 17.2. The molecule has 5 rings (SSSR count). The van der Waals surface area contributed by atoms with Crippen LogP contribution in [0.25, 0.3) is 11.1 Å². The van der Waals surface area contributed by atoms with Gasteiger partial charge < -0.3 is 25.0 Å². The molecule has 4 atom stereocenters. The van der Waals surface area contributed by atoms with Gasteiger partial charge in [-0.05, 0) is 66.3 Å². The second kappa shape index (κ2) is 17.9. The number of carboxylic acid groups (broad SMARTS) is 1. The average molecular weight is 665 g/mol. The zero-order valence-electron chi connectivity index (χ0n) is 28.5. The van der Waals surface area contributed by atoms with Gasteiger partial charge in [0, 0.05) is 44.0 Å². The van der Waals surface area contributed by atoms with Crippen molar-refractivity contribution in [2.75, 3.05) is 13.6 Å². The van der Waals surface area contributed by atoms with Gasteiger partial charge in [-0.15, -0.1) is 0 Å². The highest BCUT2D eigenvalue weighted by molar-refractivity contribution is 5.76. The van der Waals surface area contributed by atoms with Crippen molar-refractivity contribution in [3.63, 3.8) is 0 Å². The van der Waals surface area contributed by atoms with Crippen LogP contribution >= 0.6 is 0 Å². The Kier molecular flexibility index (Phi) is 13.1. The van der Waals surface area contributed by atoms with Crippen molar-refractivity contribution in [1.82, 2.24) is 10.2 Å². The van der Waals surface area contributed by atoms with E-state index in [1.165, 1.54) is 5.56 Å². The Hall–Kier alpha value is -4.34. The van der Waals surface area contributed by atoms with E-state index in [-0.39, 0.29) is 37.2 Å². The van der Waals surface area contributed by atoms with E-state index in [0.717, 1.165) is 46.3 Å². The predicted octanol–water partition coefficient (Wildman–Crippen LogP) is 7.74. The van der Waals surface area contributed by atoms with Crippen LogP contribution in [0.4, 0.5) is 0 Å². The lowest BCUT2D eigenvalue weighted by atomic mass is 9.98. The van der Waals surface area contributed by atoms with Gasteiger partial charge in [-0.1, -0.05) is 103 Å². The molecule has 0 saturated carbocycles. The number of aliphatic hydroxyl groups is 1. The standard InChI is InChI=1S/C41H48N2O6/c1-29(32-11-5-3-6-12-32)43(2)27-37-25-38(34-18-16-30(28-44)17-19-34)49-41(48-37)35-22-20-33(21-23-35)36-13-9-10-31(24-36)26-42-39(45)14-7-4-8-15-40(46)47/h3,5-6,9-13,16-24,29,37-38,41,44H,4,7-8,14-15,25-28H2,1-2H3,(H,42,45)(H,46,47)/t29-,37+,38-,41-/m0/s1. The van der Waals surface area contributed by atoms with Crippen LogP contribution in [0.2, 0.25) is 0 Å². The maximum atomic E-state index is 12.3. The number of unbranched alkanes of at least 4 members (excludes halogenated alkanes) is 2. The summed E-state index contributed by atoms with van der Waals surface area (Å²) in [7, 11) is 2.13. The molecule has 8 heteroatoms. The number of carbonyl (C=O) groups is 2. The number of rotatable bonds is 16. The summed E-state index contributed by atoms with van der Waals surface area (Å²) < 4.78 is 13.2. The van der Waals surface area contributed by atoms with Gasteiger partial charge >= 0.3 is 5.97 Å². The normalized spacial score (nSPS) is 18.2. The predicted molar refractivity (Wildman–Crippen MR) is 190 cm³/mol. The minimum absolute atomic E-state index is 0.00378. The number of hydrogen-bond donors (Lipinski definition) is 3. The summed E-state index contributed by atoms with van der Waals surface area (Å²) in [5.74, 6) is -0.828. The lowest BCUT2D eigenvalue weighted by Gasteiger charge is -2.39. The highest BCUT2D eigenvalue weighted by Gasteiger charge is 2.33. The summed E-state index contributed by atoms with van der Waals surface area (Å²) in [4.78, 5) is 25.3. The fourth-order valence-electron chi connectivity index (χ4n) is 6.22. The van der Waals surface area contributed by atoms with Crippen LogP contribution in [0, 0.1) is 0 Å². The minimum Gasteiger partial charge on any atom is -0.481 e. The van der Waals surface area contributed by atoms with Crippen LogP contribution in [-0.4, -0.2) is 46.7 Å². The molecular formula is C41H48N2O6. The largest absolute Gasteiger partial charge is 0.481 e. The maximum Gasteiger partial charge on any atom is 0.303 e. The topological polar surface area (TPSA) is 108 Å². The molecule has 1 saturated heterocycles. The number of likely N-dealkylation sites (N-methyl/N-ethyl adjacent to an activating group) is 1. The molecule has 49 heavy (non-hydrogen) atoms. The van der Waals surface area contributed by atoms with Crippen LogP contribution < -0.4 is 5.32 Å². The Morgan fingerprint density at radius 3 is 2.24 bits per heavy atom. The summed E-state index contributed by atoms with van der Waals surface area (Å²) >= 11 is 0. The van der Waals surface area contributed by atoms with E-state index in [9.17, 15) is 14.7 Å². The highest BCUT2D eigenvalue weighted by atomic mass is 16.7. The molecule has 4 aromatic carbocycles. The first-order valence-corrected chi connectivity index (χ1v) is 17.2. The van der Waals surface area contributed by atoms with Gasteiger partial charge in [-0.25, -0.2) is 0 Å². The number of amides is 1. The number of aliphatic carboxylic acids is 1. The van der Waals surface area contributed by atoms with E-state index in [1.807, 2.05) is 42.5 Å². The Morgan fingerprint density at radius 1 is 0.816 bits per heavy atom. The molecule has 8 nitrogen and oxygen atoms in total. The minimum atomic E-state index is -0.800. The molecule has 0 spiro atoms. The van der Waals surface area contributed by atoms with Crippen LogP contribution in [0.5, 0.6) is 0 Å². The molecular weight excluding hydrogens is 616 g/mol. The van der Waals surface area contributed by atoms with Gasteiger partial charge in [0.2, 0.25) is 5.91 Å². The molecule has 0 radical (unpaired) electrons. The molecule has 258 valence electrons. The van der Waals surface area contributed by atoms with E-state index >= 15 is 0 Å². The zero-order chi connectivity index (χ0) is 34.6. The molecule has 4 aromatic rings. The second-order valence-corrected chi connectivity index (χ2v) is 12.9. The average Bonchev–Trinajstić information content (AvgIpc) is 3.14. The second-order valence-electron chi connectivity index (χ2n) is 12.9. The van der Waals surface area contributed by atoms with E-state index in [0.29, 0.717) is 32.2 Å². The summed E-state index contributed by atoms with van der Waals surface area (Å²) in [6, 6.07) is 35.1. The Morgan fingerprint density at radius 2 is 1.53 bits per heavy atom. The number of nitrogens with one attached hydrogen (secondary N) is 1. The third kappa shape index (κ3) is 10.6. The Labute approximate surface area is 289 Å². The van der Waals surface area contributed by atoms with Gasteiger partial charge in [-0.2, -0.15) is 0 Å². The van der Waals surface area contributed by atoms with Gasteiger partial charge in [0.25, 0.3) is 0 Å². The van der Waals surface area contributed by atoms with Crippen molar-refractivity contribution >= 4 is 11.9 Å². The van der Waals surface area contributed by atoms with Crippen LogP contribution in [0.3, 0.4) is 0 Å². The number of nitrogens with zero attached hydrogens (tertiary/aromatic N) is 1. The lowest BCUT2D eigenvalue weighted by molar-refractivity contribution is -0.253. The van der Waals surface area contributed by atoms with E-state index in [2.05, 4.69) is 84.9 Å². The molecule has 1 amide bonds. The summed E-state index contributed by atoms with van der Waals surface area (Å²) in [6.45, 7) is 3.40. The van der Waals surface area contributed by atoms with Crippen molar-refractivity contribution in [2.45, 2.75) is 83.1 Å². The highest BCUT2D eigenvalue weighted by Crippen LogP contribution is 2.39. The van der Waals surface area contributed by atoms with Crippen molar-refractivity contribution in [3.8, 4) is 11.1 Å². The fraction of sp³-hybridized carbons (Fsp3) is 0.366. The first-order chi connectivity index (χ1) is 23.8. The molecule has 0 bridgehead atoms. The number of aliphatic hydroxyl groups excluding tert-OH is 1. The van der Waals surface area contributed by atoms with Gasteiger partial charge in [0.1, 0.15) is 0 Å². The van der Waals surface area contributed by atoms with Crippen molar-refractivity contribution in [1.29, 1.82) is 0 Å². The van der Waals surface area contributed by atoms with Crippen LogP contribution in [0.1, 0.15) is 91.7 Å². The summed E-state index contributed by atoms with van der Waals surface area (Å²) in [6.07, 6.45) is 2.49. The van der Waals surface area contributed by atoms with Gasteiger partial charge in [-0.3, -0.25) is 14.5 Å². The number of carbonyl (C=O) groups excluding carboxylic acids is 1. The van der Waals surface area contributed by atoms with Crippen LogP contribution in [-0.2, 0) is 32.2 Å². The molecule has 1 aliphatic rings. The monoisotopic (exact) mass is 664 g/mol. The number of ether oxygens (including phenoxy) is 2. The molecule has 1 fully saturated rings. The maximum absolute atomic E-state index is 12.3. The quantitative estimate of drug-likeness (QED) is 0.105. The molecule has 0 aromatic heterocycles. The summed E-state index contributed by atoms with van der Waals surface area (Å²) in [5.41, 5.74) is 7.24. The van der Waals surface area contributed by atoms with Crippen molar-refractivity contribution in [2.24, 2.45) is 0 Å². The summed E-state index contributed by atoms with van der Waals surface area (Å²) in [5, 5.41) is 21.3. The smallest absolute Gasteiger partial charge is 0.303 e. The van der Waals surface area contributed by atoms with Crippen LogP contribution in [0.15, 0.2) is 103 Å². The van der Waals surface area contributed by atoms with E-state index in [4.69, 9.17) is 14.6 Å². The molecule has 0 unspecified atom stereocenters. The third-order valence-electron chi connectivity index (χ3n) is 9.28. The molecule has 3 N–H and O–H groups in total. The first kappa shape index (κ1) is 36.0. The number of hydrogen-bond acceptors (Lipinski definition) is 6.